The third-order valence-corrected chi connectivity index (χ3v) is 4.66. The van der Waals surface area contributed by atoms with Gasteiger partial charge in [0.25, 0.3) is 10.0 Å². The van der Waals surface area contributed by atoms with E-state index < -0.39 is 10.0 Å². The van der Waals surface area contributed by atoms with Crippen LogP contribution >= 0.6 is 11.8 Å². The first-order valence-electron chi connectivity index (χ1n) is 6.32. The lowest BCUT2D eigenvalue weighted by Crippen LogP contribution is -2.18. The molecular weight excluding hydrogens is 284 g/mol. The molecule has 0 aromatic carbocycles. The molecule has 0 aliphatic heterocycles. The Morgan fingerprint density at radius 1 is 1.26 bits per heavy atom. The molecule has 0 saturated heterocycles. The molecule has 7 heteroatoms. The molecule has 0 fully saturated rings. The van der Waals surface area contributed by atoms with Gasteiger partial charge in [-0.15, -0.1) is 0 Å². The Hall–Kier alpha value is -0.500. The zero-order valence-corrected chi connectivity index (χ0v) is 13.1. The Labute approximate surface area is 119 Å². The molecule has 0 radical (unpaired) electrons. The predicted octanol–water partition coefficient (Wildman–Crippen LogP) is 1.81. The van der Waals surface area contributed by atoms with Crippen molar-refractivity contribution in [1.29, 1.82) is 0 Å². The predicted molar refractivity (Wildman–Crippen MR) is 78.9 cm³/mol. The summed E-state index contributed by atoms with van der Waals surface area (Å²) in [5.41, 5.74) is 0. The molecule has 1 aromatic rings. The number of furan rings is 1. The number of sulfonamides is 1. The third-order valence-electron chi connectivity index (χ3n) is 2.67. The van der Waals surface area contributed by atoms with E-state index in [9.17, 15) is 8.42 Å². The summed E-state index contributed by atoms with van der Waals surface area (Å²) in [6, 6.07) is 3.16. The summed E-state index contributed by atoms with van der Waals surface area (Å²) >= 11 is 1.87. The number of nitrogens with one attached hydrogen (secondary N) is 2. The van der Waals surface area contributed by atoms with Crippen LogP contribution in [-0.4, -0.2) is 34.0 Å². The molecule has 110 valence electrons. The number of hydrogen-bond acceptors (Lipinski definition) is 5. The van der Waals surface area contributed by atoms with Gasteiger partial charge in [0, 0.05) is 0 Å². The molecule has 0 saturated carbocycles. The van der Waals surface area contributed by atoms with Crippen molar-refractivity contribution in [3.63, 3.8) is 0 Å². The normalized spacial score (nSPS) is 11.9. The average Bonchev–Trinajstić information content (AvgIpc) is 2.87. The second-order valence-corrected chi connectivity index (χ2v) is 6.96. The molecule has 2 N–H and O–H groups in total. The molecule has 1 heterocycles. The van der Waals surface area contributed by atoms with Gasteiger partial charge in [-0.1, -0.05) is 6.42 Å². The average molecular weight is 306 g/mol. The van der Waals surface area contributed by atoms with Crippen molar-refractivity contribution >= 4 is 21.8 Å². The lowest BCUT2D eigenvalue weighted by atomic mass is 10.2. The summed E-state index contributed by atoms with van der Waals surface area (Å²) in [5, 5.41) is 3.21. The topological polar surface area (TPSA) is 71.3 Å². The van der Waals surface area contributed by atoms with Gasteiger partial charge >= 0.3 is 0 Å². The van der Waals surface area contributed by atoms with Crippen LogP contribution in [0.3, 0.4) is 0 Å². The van der Waals surface area contributed by atoms with Crippen molar-refractivity contribution in [1.82, 2.24) is 10.0 Å². The first-order valence-corrected chi connectivity index (χ1v) is 9.20. The first kappa shape index (κ1) is 16.6. The summed E-state index contributed by atoms with van der Waals surface area (Å²) in [4.78, 5) is 0. The molecular formula is C12H22N2O3S2. The number of hydrogen-bond donors (Lipinski definition) is 2. The monoisotopic (exact) mass is 306 g/mol. The smallest absolute Gasteiger partial charge is 0.273 e. The van der Waals surface area contributed by atoms with E-state index in [2.05, 4.69) is 16.3 Å². The van der Waals surface area contributed by atoms with Crippen LogP contribution in [0.4, 0.5) is 0 Å². The summed E-state index contributed by atoms with van der Waals surface area (Å²) in [6.07, 6.45) is 5.70. The number of unbranched alkanes of at least 4 members (excludes halogenated alkanes) is 2. The fourth-order valence-corrected chi connectivity index (χ4v) is 2.74. The second-order valence-electron chi connectivity index (χ2n) is 4.16. The van der Waals surface area contributed by atoms with Crippen molar-refractivity contribution < 1.29 is 12.8 Å². The fraction of sp³-hybridized carbons (Fsp3) is 0.667. The third kappa shape index (κ3) is 5.99. The van der Waals surface area contributed by atoms with Gasteiger partial charge in [0.2, 0.25) is 5.09 Å². The van der Waals surface area contributed by atoms with Gasteiger partial charge in [-0.25, -0.2) is 13.1 Å². The van der Waals surface area contributed by atoms with Crippen molar-refractivity contribution in [2.75, 3.05) is 25.6 Å². The maximum Gasteiger partial charge on any atom is 0.273 e. The molecule has 0 amide bonds. The largest absolute Gasteiger partial charge is 0.447 e. The molecule has 0 aliphatic carbocycles. The quantitative estimate of drug-likeness (QED) is 0.645. The first-order chi connectivity index (χ1) is 9.10. The van der Waals surface area contributed by atoms with Crippen LogP contribution in [0.5, 0.6) is 0 Å². The lowest BCUT2D eigenvalue weighted by molar-refractivity contribution is 0.400. The summed E-state index contributed by atoms with van der Waals surface area (Å²) in [5.74, 6) is 1.85. The van der Waals surface area contributed by atoms with E-state index in [-0.39, 0.29) is 5.09 Å². The van der Waals surface area contributed by atoms with Gasteiger partial charge in [-0.2, -0.15) is 11.8 Å². The van der Waals surface area contributed by atoms with E-state index in [0.717, 1.165) is 13.0 Å². The molecule has 5 nitrogen and oxygen atoms in total. The van der Waals surface area contributed by atoms with E-state index in [1.165, 1.54) is 31.7 Å². The highest BCUT2D eigenvalue weighted by atomic mass is 32.2. The Morgan fingerprint density at radius 3 is 2.74 bits per heavy atom. The Morgan fingerprint density at radius 2 is 2.05 bits per heavy atom. The van der Waals surface area contributed by atoms with Crippen LogP contribution in [0.2, 0.25) is 0 Å². The van der Waals surface area contributed by atoms with E-state index in [1.54, 1.807) is 6.07 Å². The van der Waals surface area contributed by atoms with Gasteiger partial charge in [-0.05, 0) is 50.6 Å². The van der Waals surface area contributed by atoms with E-state index >= 15 is 0 Å². The maximum absolute atomic E-state index is 11.5. The standard InChI is InChI=1S/C12H22N2O3S2/c1-13-19(15,16)12-7-6-11(17-12)10-14-8-4-3-5-9-18-2/h6-7,13-14H,3-5,8-10H2,1-2H3. The SMILES string of the molecule is CNS(=O)(=O)c1ccc(CNCCCCCSC)o1. The highest BCUT2D eigenvalue weighted by molar-refractivity contribution is 7.98. The molecule has 0 spiro atoms. The van der Waals surface area contributed by atoms with Crippen LogP contribution in [0, 0.1) is 0 Å². The molecule has 0 bridgehead atoms. The van der Waals surface area contributed by atoms with Gasteiger partial charge < -0.3 is 9.73 Å². The Balaban J connectivity index is 2.24. The van der Waals surface area contributed by atoms with E-state index in [4.69, 9.17) is 4.42 Å². The van der Waals surface area contributed by atoms with Crippen LogP contribution in [-0.2, 0) is 16.6 Å². The highest BCUT2D eigenvalue weighted by Crippen LogP contribution is 2.13. The van der Waals surface area contributed by atoms with Crippen molar-refractivity contribution in [2.24, 2.45) is 0 Å². The van der Waals surface area contributed by atoms with Gasteiger partial charge in [0.15, 0.2) is 0 Å². The summed E-state index contributed by atoms with van der Waals surface area (Å²) < 4.78 is 30.4. The zero-order chi connectivity index (χ0) is 14.1. The van der Waals surface area contributed by atoms with Crippen LogP contribution < -0.4 is 10.0 Å². The molecule has 0 atom stereocenters. The number of rotatable bonds is 10. The van der Waals surface area contributed by atoms with Crippen LogP contribution in [0.15, 0.2) is 21.6 Å². The molecule has 0 unspecified atom stereocenters. The van der Waals surface area contributed by atoms with Gasteiger partial charge in [0.05, 0.1) is 6.54 Å². The fourth-order valence-electron chi connectivity index (χ4n) is 1.58. The summed E-state index contributed by atoms with van der Waals surface area (Å²) in [6.45, 7) is 1.48. The van der Waals surface area contributed by atoms with Crippen molar-refractivity contribution in [2.45, 2.75) is 30.9 Å². The molecule has 1 aromatic heterocycles. The lowest BCUT2D eigenvalue weighted by Gasteiger charge is -2.02. The molecule has 1 rings (SSSR count). The summed E-state index contributed by atoms with van der Waals surface area (Å²) in [7, 11) is -2.10. The van der Waals surface area contributed by atoms with E-state index in [0.29, 0.717) is 12.3 Å². The number of thioether (sulfide) groups is 1. The van der Waals surface area contributed by atoms with Crippen molar-refractivity contribution in [3.8, 4) is 0 Å². The maximum atomic E-state index is 11.5. The van der Waals surface area contributed by atoms with Gasteiger partial charge in [0.1, 0.15) is 5.76 Å². The van der Waals surface area contributed by atoms with Crippen LogP contribution in [0.1, 0.15) is 25.0 Å². The second kappa shape index (κ2) is 8.63. The molecule has 0 aliphatic rings. The molecule has 19 heavy (non-hydrogen) atoms. The Kier molecular flexibility index (Phi) is 7.52. The van der Waals surface area contributed by atoms with Gasteiger partial charge in [-0.3, -0.25) is 0 Å². The van der Waals surface area contributed by atoms with E-state index in [1.807, 2.05) is 11.8 Å². The minimum Gasteiger partial charge on any atom is -0.447 e. The van der Waals surface area contributed by atoms with Crippen molar-refractivity contribution in [3.05, 3.63) is 17.9 Å². The zero-order valence-electron chi connectivity index (χ0n) is 11.4. The minimum atomic E-state index is -3.47. The highest BCUT2D eigenvalue weighted by Gasteiger charge is 2.15. The Bertz CT molecular complexity index is 457. The van der Waals surface area contributed by atoms with Crippen LogP contribution in [0.25, 0.3) is 0 Å². The minimum absolute atomic E-state index is 0.0354.